The van der Waals surface area contributed by atoms with Crippen molar-refractivity contribution in [2.75, 3.05) is 20.1 Å². The second-order valence-corrected chi connectivity index (χ2v) is 5.58. The van der Waals surface area contributed by atoms with E-state index in [1.165, 1.54) is 0 Å². The van der Waals surface area contributed by atoms with E-state index in [0.717, 1.165) is 10.0 Å². The highest BCUT2D eigenvalue weighted by molar-refractivity contribution is 9.10. The zero-order valence-electron chi connectivity index (χ0n) is 10.5. The summed E-state index contributed by atoms with van der Waals surface area (Å²) in [6, 6.07) is 5.49. The van der Waals surface area contributed by atoms with Gasteiger partial charge >= 0.3 is 0 Å². The molecule has 1 aliphatic rings. The Labute approximate surface area is 115 Å². The van der Waals surface area contributed by atoms with E-state index in [-0.39, 0.29) is 11.9 Å². The van der Waals surface area contributed by atoms with Crippen molar-refractivity contribution in [2.45, 2.75) is 19.1 Å². The first-order chi connectivity index (χ1) is 8.50. The van der Waals surface area contributed by atoms with Crippen molar-refractivity contribution in [1.29, 1.82) is 0 Å². The molecular formula is C13H17BrN2O2. The minimum absolute atomic E-state index is 0.0541. The van der Waals surface area contributed by atoms with Crippen molar-refractivity contribution in [2.24, 2.45) is 0 Å². The van der Waals surface area contributed by atoms with Gasteiger partial charge in [0.2, 0.25) is 0 Å². The third-order valence-electron chi connectivity index (χ3n) is 3.40. The average Bonchev–Trinajstić information content (AvgIpc) is 2.77. The molecule has 0 unspecified atom stereocenters. The standard InChI is InChI=1S/C13H17BrN2O2/c1-8-3-4-9(14)5-10(8)13(18)16(2)11-6-15-7-12(11)17/h3-5,11-12,15,17H,6-7H2,1-2H3/t11-,12-/m1/s1. The van der Waals surface area contributed by atoms with Crippen molar-refractivity contribution in [3.8, 4) is 0 Å². The molecule has 4 nitrogen and oxygen atoms in total. The van der Waals surface area contributed by atoms with Crippen LogP contribution in [0.3, 0.4) is 0 Å². The second-order valence-electron chi connectivity index (χ2n) is 4.67. The minimum Gasteiger partial charge on any atom is -0.390 e. The van der Waals surface area contributed by atoms with E-state index >= 15 is 0 Å². The Balaban J connectivity index is 2.22. The third kappa shape index (κ3) is 2.58. The van der Waals surface area contributed by atoms with Crippen LogP contribution in [0.15, 0.2) is 22.7 Å². The lowest BCUT2D eigenvalue weighted by Gasteiger charge is -2.27. The molecule has 1 saturated heterocycles. The van der Waals surface area contributed by atoms with Gasteiger partial charge in [0.25, 0.3) is 5.91 Å². The molecule has 18 heavy (non-hydrogen) atoms. The van der Waals surface area contributed by atoms with Crippen molar-refractivity contribution in [3.05, 3.63) is 33.8 Å². The van der Waals surface area contributed by atoms with Crippen LogP contribution in [-0.4, -0.2) is 48.2 Å². The van der Waals surface area contributed by atoms with E-state index < -0.39 is 6.10 Å². The van der Waals surface area contributed by atoms with E-state index in [0.29, 0.717) is 18.7 Å². The first-order valence-corrected chi connectivity index (χ1v) is 6.72. The summed E-state index contributed by atoms with van der Waals surface area (Å²) >= 11 is 3.38. The number of benzene rings is 1. The summed E-state index contributed by atoms with van der Waals surface area (Å²) in [6.07, 6.45) is -0.494. The quantitative estimate of drug-likeness (QED) is 0.861. The van der Waals surface area contributed by atoms with Crippen molar-refractivity contribution >= 4 is 21.8 Å². The molecule has 0 bridgehead atoms. The number of carbonyl (C=O) groups excluding carboxylic acids is 1. The van der Waals surface area contributed by atoms with E-state index in [1.807, 2.05) is 25.1 Å². The van der Waals surface area contributed by atoms with Crippen LogP contribution in [0.2, 0.25) is 0 Å². The number of hydrogen-bond acceptors (Lipinski definition) is 3. The van der Waals surface area contributed by atoms with Gasteiger partial charge in [-0.2, -0.15) is 0 Å². The number of likely N-dealkylation sites (N-methyl/N-ethyl adjacent to an activating group) is 1. The molecule has 1 heterocycles. The Bertz CT molecular complexity index is 464. The number of aryl methyl sites for hydroxylation is 1. The Morgan fingerprint density at radius 1 is 1.50 bits per heavy atom. The highest BCUT2D eigenvalue weighted by atomic mass is 79.9. The fourth-order valence-corrected chi connectivity index (χ4v) is 2.57. The molecule has 0 spiro atoms. The molecule has 0 aromatic heterocycles. The molecule has 0 aliphatic carbocycles. The van der Waals surface area contributed by atoms with Gasteiger partial charge in [-0.25, -0.2) is 0 Å². The van der Waals surface area contributed by atoms with Gasteiger partial charge in [-0.1, -0.05) is 22.0 Å². The van der Waals surface area contributed by atoms with E-state index in [1.54, 1.807) is 11.9 Å². The number of aliphatic hydroxyl groups excluding tert-OH is 1. The maximum absolute atomic E-state index is 12.4. The van der Waals surface area contributed by atoms with Crippen LogP contribution in [0.4, 0.5) is 0 Å². The number of halogens is 1. The third-order valence-corrected chi connectivity index (χ3v) is 3.89. The van der Waals surface area contributed by atoms with Gasteiger partial charge in [0.15, 0.2) is 0 Å². The summed E-state index contributed by atoms with van der Waals surface area (Å²) in [5.41, 5.74) is 1.61. The van der Waals surface area contributed by atoms with Gasteiger partial charge < -0.3 is 15.3 Å². The minimum atomic E-state index is -0.494. The van der Waals surface area contributed by atoms with Crippen LogP contribution in [0.5, 0.6) is 0 Å². The van der Waals surface area contributed by atoms with Gasteiger partial charge in [0.05, 0.1) is 12.1 Å². The number of rotatable bonds is 2. The van der Waals surface area contributed by atoms with Crippen LogP contribution in [0.1, 0.15) is 15.9 Å². The summed E-state index contributed by atoms with van der Waals surface area (Å²) in [6.45, 7) is 3.09. The van der Waals surface area contributed by atoms with Crippen LogP contribution >= 0.6 is 15.9 Å². The number of aliphatic hydroxyl groups is 1. The topological polar surface area (TPSA) is 52.6 Å². The van der Waals surface area contributed by atoms with Gasteiger partial charge in [-0.05, 0) is 24.6 Å². The second kappa shape index (κ2) is 5.38. The summed E-state index contributed by atoms with van der Waals surface area (Å²) < 4.78 is 0.884. The zero-order chi connectivity index (χ0) is 13.3. The Kier molecular flexibility index (Phi) is 4.04. The number of amides is 1. The van der Waals surface area contributed by atoms with Crippen LogP contribution in [0.25, 0.3) is 0 Å². The monoisotopic (exact) mass is 312 g/mol. The average molecular weight is 313 g/mol. The molecule has 1 amide bonds. The normalized spacial score (nSPS) is 23.1. The lowest BCUT2D eigenvalue weighted by Crippen LogP contribution is -2.44. The van der Waals surface area contributed by atoms with Crippen molar-refractivity contribution in [1.82, 2.24) is 10.2 Å². The van der Waals surface area contributed by atoms with Crippen molar-refractivity contribution < 1.29 is 9.90 Å². The maximum Gasteiger partial charge on any atom is 0.254 e. The fraction of sp³-hybridized carbons (Fsp3) is 0.462. The highest BCUT2D eigenvalue weighted by Gasteiger charge is 2.31. The number of hydrogen-bond donors (Lipinski definition) is 2. The van der Waals surface area contributed by atoms with Gasteiger partial charge in [-0.15, -0.1) is 0 Å². The number of β-amino-alcohol motifs (C(OH)–C–C–N with tert-alkyl or cyclic N) is 1. The predicted octanol–water partition coefficient (Wildman–Crippen LogP) is 1.16. The SMILES string of the molecule is Cc1ccc(Br)cc1C(=O)N(C)[C@@H]1CNC[C@H]1O. The fourth-order valence-electron chi connectivity index (χ4n) is 2.21. The molecule has 1 aromatic carbocycles. The lowest BCUT2D eigenvalue weighted by molar-refractivity contribution is 0.0580. The maximum atomic E-state index is 12.4. The summed E-state index contributed by atoms with van der Waals surface area (Å²) in [4.78, 5) is 14.0. The number of carbonyl (C=O) groups is 1. The van der Waals surface area contributed by atoms with Crippen LogP contribution in [0, 0.1) is 6.92 Å². The molecule has 2 atom stereocenters. The van der Waals surface area contributed by atoms with Crippen molar-refractivity contribution in [3.63, 3.8) is 0 Å². The Morgan fingerprint density at radius 3 is 2.83 bits per heavy atom. The first kappa shape index (κ1) is 13.5. The predicted molar refractivity (Wildman–Crippen MR) is 73.6 cm³/mol. The molecule has 5 heteroatoms. The number of nitrogens with zero attached hydrogens (tertiary/aromatic N) is 1. The first-order valence-electron chi connectivity index (χ1n) is 5.93. The van der Waals surface area contributed by atoms with Gasteiger partial charge in [-0.3, -0.25) is 4.79 Å². The van der Waals surface area contributed by atoms with Crippen LogP contribution < -0.4 is 5.32 Å². The molecule has 98 valence electrons. The smallest absolute Gasteiger partial charge is 0.254 e. The largest absolute Gasteiger partial charge is 0.390 e. The molecule has 2 rings (SSSR count). The lowest BCUT2D eigenvalue weighted by atomic mass is 10.1. The zero-order valence-corrected chi connectivity index (χ0v) is 12.1. The summed E-state index contributed by atoms with van der Waals surface area (Å²) in [5.74, 6) is -0.0541. The molecule has 0 radical (unpaired) electrons. The molecular weight excluding hydrogens is 296 g/mol. The van der Waals surface area contributed by atoms with Crippen LogP contribution in [-0.2, 0) is 0 Å². The van der Waals surface area contributed by atoms with E-state index in [4.69, 9.17) is 0 Å². The van der Waals surface area contributed by atoms with E-state index in [2.05, 4.69) is 21.2 Å². The Hall–Kier alpha value is -0.910. The Morgan fingerprint density at radius 2 is 2.22 bits per heavy atom. The molecule has 1 fully saturated rings. The molecule has 0 saturated carbocycles. The van der Waals surface area contributed by atoms with Gasteiger partial charge in [0.1, 0.15) is 0 Å². The van der Waals surface area contributed by atoms with E-state index in [9.17, 15) is 9.90 Å². The molecule has 1 aromatic rings. The number of nitrogens with one attached hydrogen (secondary N) is 1. The van der Waals surface area contributed by atoms with Gasteiger partial charge in [0, 0.05) is 30.2 Å². The summed E-state index contributed by atoms with van der Waals surface area (Å²) in [7, 11) is 1.74. The summed E-state index contributed by atoms with van der Waals surface area (Å²) in [5, 5.41) is 12.9. The molecule has 1 aliphatic heterocycles. The highest BCUT2D eigenvalue weighted by Crippen LogP contribution is 2.19. The molecule has 2 N–H and O–H groups in total.